The molecule has 170 valence electrons. The van der Waals surface area contributed by atoms with Crippen molar-refractivity contribution < 1.29 is 18.9 Å². The van der Waals surface area contributed by atoms with Gasteiger partial charge in [0.05, 0.1) is 15.5 Å². The van der Waals surface area contributed by atoms with Gasteiger partial charge in [-0.2, -0.15) is 0 Å². The summed E-state index contributed by atoms with van der Waals surface area (Å²) < 4.78 is 13.4. The van der Waals surface area contributed by atoms with E-state index in [1.807, 2.05) is 19.1 Å². The summed E-state index contributed by atoms with van der Waals surface area (Å²) in [4.78, 5) is 37.0. The third-order valence-electron chi connectivity index (χ3n) is 4.72. The van der Waals surface area contributed by atoms with E-state index in [4.69, 9.17) is 11.6 Å². The topological polar surface area (TPSA) is 105 Å². The Morgan fingerprint density at radius 2 is 1.73 bits per heavy atom. The molecule has 3 rings (SSSR count). The van der Waals surface area contributed by atoms with Crippen molar-refractivity contribution in [1.82, 2.24) is 5.32 Å². The molecule has 0 unspecified atom stereocenters. The molecule has 3 aromatic rings. The Morgan fingerprint density at radius 3 is 2.33 bits per heavy atom. The number of hydrogen-bond donors (Lipinski definition) is 2. The Kier molecular flexibility index (Phi) is 7.57. The molecule has 0 heterocycles. The van der Waals surface area contributed by atoms with Crippen LogP contribution in [0.1, 0.15) is 15.9 Å². The number of halogens is 2. The highest BCUT2D eigenvalue weighted by Crippen LogP contribution is 2.22. The molecule has 0 radical (unpaired) electrons. The van der Waals surface area contributed by atoms with Crippen LogP contribution < -0.4 is 15.5 Å². The fraction of sp³-hybridized carbons (Fsp3) is 0.130. The fourth-order valence-electron chi connectivity index (χ4n) is 2.97. The Labute approximate surface area is 194 Å². The van der Waals surface area contributed by atoms with Crippen LogP contribution in [0.15, 0.2) is 66.7 Å². The molecule has 0 spiro atoms. The molecule has 8 nitrogen and oxygen atoms in total. The second-order valence-electron chi connectivity index (χ2n) is 7.10. The van der Waals surface area contributed by atoms with Gasteiger partial charge in [-0.15, -0.1) is 0 Å². The molecule has 0 saturated heterocycles. The van der Waals surface area contributed by atoms with Crippen LogP contribution in [-0.2, 0) is 0 Å². The lowest BCUT2D eigenvalue weighted by molar-refractivity contribution is -0.384. The molecule has 0 aliphatic heterocycles. The van der Waals surface area contributed by atoms with Gasteiger partial charge in [0.25, 0.3) is 11.6 Å². The molecule has 0 atom stereocenters. The summed E-state index contributed by atoms with van der Waals surface area (Å²) in [5.74, 6) is -0.994. The zero-order valence-electron chi connectivity index (χ0n) is 17.5. The first-order valence-corrected chi connectivity index (χ1v) is 10.3. The van der Waals surface area contributed by atoms with Crippen molar-refractivity contribution in [1.29, 1.82) is 0 Å². The number of rotatable bonds is 7. The maximum atomic E-state index is 13.4. The van der Waals surface area contributed by atoms with Gasteiger partial charge in [0.2, 0.25) is 0 Å². The van der Waals surface area contributed by atoms with Crippen LogP contribution >= 0.6 is 11.6 Å². The van der Waals surface area contributed by atoms with Crippen LogP contribution in [0.4, 0.5) is 26.2 Å². The van der Waals surface area contributed by atoms with E-state index in [1.165, 1.54) is 41.3 Å². The molecule has 0 aromatic heterocycles. The number of hydrogen-bond acceptors (Lipinski definition) is 4. The zero-order valence-corrected chi connectivity index (χ0v) is 18.3. The van der Waals surface area contributed by atoms with Crippen LogP contribution in [0.3, 0.4) is 0 Å². The summed E-state index contributed by atoms with van der Waals surface area (Å²) in [6.45, 7) is 2.04. The third-order valence-corrected chi connectivity index (χ3v) is 5.03. The van der Waals surface area contributed by atoms with Crippen molar-refractivity contribution in [3.63, 3.8) is 0 Å². The highest BCUT2D eigenvalue weighted by molar-refractivity contribution is 6.34. The maximum Gasteiger partial charge on any atom is 0.326 e. The van der Waals surface area contributed by atoms with Crippen molar-refractivity contribution in [2.24, 2.45) is 0 Å². The molecule has 3 amide bonds. The number of nitrogens with zero attached hydrogens (tertiary/aromatic N) is 2. The van der Waals surface area contributed by atoms with Crippen LogP contribution in [0.25, 0.3) is 0 Å². The van der Waals surface area contributed by atoms with Crippen molar-refractivity contribution in [2.45, 2.75) is 6.92 Å². The van der Waals surface area contributed by atoms with Gasteiger partial charge in [-0.1, -0.05) is 29.3 Å². The van der Waals surface area contributed by atoms with E-state index in [0.717, 1.165) is 11.6 Å². The molecule has 0 fully saturated rings. The summed E-state index contributed by atoms with van der Waals surface area (Å²) in [6, 6.07) is 15.7. The number of anilines is 2. The lowest BCUT2D eigenvalue weighted by Gasteiger charge is -2.23. The van der Waals surface area contributed by atoms with Gasteiger partial charge >= 0.3 is 6.03 Å². The van der Waals surface area contributed by atoms with Gasteiger partial charge in [-0.05, 0) is 49.4 Å². The highest BCUT2D eigenvalue weighted by atomic mass is 35.5. The monoisotopic (exact) mass is 470 g/mol. The van der Waals surface area contributed by atoms with E-state index in [-0.39, 0.29) is 29.4 Å². The molecule has 10 heteroatoms. The van der Waals surface area contributed by atoms with Crippen molar-refractivity contribution in [3.05, 3.63) is 98.8 Å². The number of carbonyl (C=O) groups excluding carboxylic acids is 2. The van der Waals surface area contributed by atoms with E-state index in [2.05, 4.69) is 10.6 Å². The van der Waals surface area contributed by atoms with Crippen LogP contribution in [-0.4, -0.2) is 30.0 Å². The summed E-state index contributed by atoms with van der Waals surface area (Å²) in [7, 11) is 0. The van der Waals surface area contributed by atoms with Crippen LogP contribution in [0.2, 0.25) is 5.02 Å². The molecular weight excluding hydrogens is 451 g/mol. The molecule has 33 heavy (non-hydrogen) atoms. The normalized spacial score (nSPS) is 10.4. The number of carbonyl (C=O) groups is 2. The van der Waals surface area contributed by atoms with Crippen molar-refractivity contribution >= 4 is 40.6 Å². The average molecular weight is 471 g/mol. The largest absolute Gasteiger partial charge is 0.350 e. The molecule has 2 N–H and O–H groups in total. The lowest BCUT2D eigenvalue weighted by atomic mass is 10.2. The Morgan fingerprint density at radius 1 is 1.06 bits per heavy atom. The third kappa shape index (κ3) is 6.27. The molecule has 0 saturated carbocycles. The Hall–Kier alpha value is -3.98. The number of nitro groups is 1. The SMILES string of the molecule is Cc1ccc(NC(=O)N(CCNC(=O)c2ccc([N+](=O)[O-])cc2Cl)c2ccc(F)cc2)cc1. The Balaban J connectivity index is 1.70. The summed E-state index contributed by atoms with van der Waals surface area (Å²) in [6.07, 6.45) is 0. The van der Waals surface area contributed by atoms with E-state index in [9.17, 15) is 24.1 Å². The molecule has 0 aliphatic rings. The predicted molar refractivity (Wildman–Crippen MR) is 124 cm³/mol. The number of amides is 3. The van der Waals surface area contributed by atoms with E-state index in [1.54, 1.807) is 12.1 Å². The van der Waals surface area contributed by atoms with Crippen LogP contribution in [0.5, 0.6) is 0 Å². The fourth-order valence-corrected chi connectivity index (χ4v) is 3.24. The van der Waals surface area contributed by atoms with Gasteiger partial charge < -0.3 is 10.6 Å². The van der Waals surface area contributed by atoms with Crippen LogP contribution in [0, 0.1) is 22.9 Å². The molecule has 0 aliphatic carbocycles. The lowest BCUT2D eigenvalue weighted by Crippen LogP contribution is -2.41. The zero-order chi connectivity index (χ0) is 24.0. The van der Waals surface area contributed by atoms with Crippen molar-refractivity contribution in [3.8, 4) is 0 Å². The van der Waals surface area contributed by atoms with Crippen molar-refractivity contribution in [2.75, 3.05) is 23.3 Å². The summed E-state index contributed by atoms with van der Waals surface area (Å²) in [5.41, 5.74) is 1.89. The first kappa shape index (κ1) is 23.7. The van der Waals surface area contributed by atoms with Gasteiger partial charge in [0, 0.05) is 36.6 Å². The second kappa shape index (κ2) is 10.6. The van der Waals surface area contributed by atoms with E-state index >= 15 is 0 Å². The van der Waals surface area contributed by atoms with E-state index in [0.29, 0.717) is 11.4 Å². The molecule has 3 aromatic carbocycles. The van der Waals surface area contributed by atoms with E-state index < -0.39 is 22.7 Å². The Bertz CT molecular complexity index is 1170. The second-order valence-corrected chi connectivity index (χ2v) is 7.51. The molecule has 0 bridgehead atoms. The van der Waals surface area contributed by atoms with Gasteiger partial charge in [0.1, 0.15) is 5.82 Å². The number of nitrogens with one attached hydrogen (secondary N) is 2. The first-order chi connectivity index (χ1) is 15.7. The van der Waals surface area contributed by atoms with Gasteiger partial charge in [-0.25, -0.2) is 9.18 Å². The number of benzene rings is 3. The van der Waals surface area contributed by atoms with Gasteiger partial charge in [-0.3, -0.25) is 19.8 Å². The minimum Gasteiger partial charge on any atom is -0.350 e. The smallest absolute Gasteiger partial charge is 0.326 e. The number of urea groups is 1. The number of non-ortho nitro benzene ring substituents is 1. The predicted octanol–water partition coefficient (Wildman–Crippen LogP) is 5.16. The number of aryl methyl sites for hydroxylation is 1. The first-order valence-electron chi connectivity index (χ1n) is 9.87. The quantitative estimate of drug-likeness (QED) is 0.367. The summed E-state index contributed by atoms with van der Waals surface area (Å²) in [5, 5.41) is 16.2. The minimum atomic E-state index is -0.610. The minimum absolute atomic E-state index is 0.0465. The summed E-state index contributed by atoms with van der Waals surface area (Å²) >= 11 is 6.00. The van der Waals surface area contributed by atoms with Gasteiger partial charge in [0.15, 0.2) is 0 Å². The highest BCUT2D eigenvalue weighted by Gasteiger charge is 2.18. The average Bonchev–Trinajstić information content (AvgIpc) is 2.78. The number of nitro benzene ring substituents is 1. The standard InChI is InChI=1S/C23H20ClFN4O4/c1-15-2-6-17(7-3-15)27-23(31)28(18-8-4-16(25)5-9-18)13-12-26-22(30)20-11-10-19(29(32)33)14-21(20)24/h2-11,14H,12-13H2,1H3,(H,26,30)(H,27,31). The molecular formula is C23H20ClFN4O4. The maximum absolute atomic E-state index is 13.4.